The van der Waals surface area contributed by atoms with Crippen LogP contribution in [0.5, 0.6) is 0 Å². The molecule has 0 saturated heterocycles. The topological polar surface area (TPSA) is 17.8 Å². The highest BCUT2D eigenvalue weighted by molar-refractivity contribution is 5.27. The lowest BCUT2D eigenvalue weighted by atomic mass is 10.1. The molecule has 2 rings (SSSR count). The van der Waals surface area contributed by atoms with Crippen LogP contribution in [0.2, 0.25) is 0 Å². The summed E-state index contributed by atoms with van der Waals surface area (Å²) >= 11 is 0. The summed E-state index contributed by atoms with van der Waals surface area (Å²) in [6.07, 6.45) is 3.84. The van der Waals surface area contributed by atoms with Crippen LogP contribution in [0, 0.1) is 18.8 Å². The summed E-state index contributed by atoms with van der Waals surface area (Å²) in [7, 11) is 1.98. The van der Waals surface area contributed by atoms with Gasteiger partial charge in [-0.3, -0.25) is 0 Å². The number of hydrogen-bond acceptors (Lipinski definition) is 1. The lowest BCUT2D eigenvalue weighted by molar-refractivity contribution is 0.858. The van der Waals surface area contributed by atoms with Gasteiger partial charge in [0.25, 0.3) is 0 Å². The summed E-state index contributed by atoms with van der Waals surface area (Å²) in [6.45, 7) is 1.98. The quantitative estimate of drug-likeness (QED) is 0.717. The monoisotopic (exact) mass is 224 g/mol. The molecule has 0 amide bonds. The van der Waals surface area contributed by atoms with Crippen molar-refractivity contribution in [1.29, 1.82) is 0 Å². The Morgan fingerprint density at radius 2 is 2.00 bits per heavy atom. The largest absolute Gasteiger partial charge is 0.337 e. The first-order valence-corrected chi connectivity index (χ1v) is 5.78. The Labute approximate surface area is 102 Å². The molecule has 1 aromatic heterocycles. The smallest absolute Gasteiger partial charge is 0.131 e. The Hall–Kier alpha value is -2.01. The van der Waals surface area contributed by atoms with Gasteiger partial charge < -0.3 is 4.57 Å². The second kappa shape index (κ2) is 5.36. The Morgan fingerprint density at radius 3 is 2.65 bits per heavy atom. The van der Waals surface area contributed by atoms with Crippen LogP contribution in [0.1, 0.15) is 23.5 Å². The fraction of sp³-hybridized carbons (Fsp3) is 0.267. The molecule has 0 fully saturated rings. The maximum absolute atomic E-state index is 4.34. The molecule has 1 aromatic carbocycles. The van der Waals surface area contributed by atoms with E-state index < -0.39 is 0 Å². The fourth-order valence-corrected chi connectivity index (χ4v) is 1.62. The van der Waals surface area contributed by atoms with Crippen LogP contribution < -0.4 is 0 Å². The predicted octanol–water partition coefficient (Wildman–Crippen LogP) is 2.71. The normalized spacial score (nSPS) is 9.76. The van der Waals surface area contributed by atoms with E-state index in [9.17, 15) is 0 Å². The van der Waals surface area contributed by atoms with Gasteiger partial charge in [-0.2, -0.15) is 0 Å². The highest BCUT2D eigenvalue weighted by Crippen LogP contribution is 2.02. The van der Waals surface area contributed by atoms with Crippen LogP contribution >= 0.6 is 0 Å². The van der Waals surface area contributed by atoms with Gasteiger partial charge in [-0.05, 0) is 24.8 Å². The highest BCUT2D eigenvalue weighted by atomic mass is 15.0. The first-order valence-electron chi connectivity index (χ1n) is 5.78. The van der Waals surface area contributed by atoms with Gasteiger partial charge in [0.15, 0.2) is 0 Å². The maximum atomic E-state index is 4.34. The lowest BCUT2D eigenvalue weighted by Gasteiger charge is -1.94. The van der Waals surface area contributed by atoms with Gasteiger partial charge in [-0.1, -0.05) is 36.3 Å². The summed E-state index contributed by atoms with van der Waals surface area (Å²) in [5.74, 6) is 7.26. The molecule has 2 nitrogen and oxygen atoms in total. The molecule has 0 radical (unpaired) electrons. The molecule has 0 spiro atoms. The van der Waals surface area contributed by atoms with Gasteiger partial charge in [0, 0.05) is 19.7 Å². The van der Waals surface area contributed by atoms with Crippen molar-refractivity contribution in [2.24, 2.45) is 7.05 Å². The van der Waals surface area contributed by atoms with Crippen molar-refractivity contribution in [3.63, 3.8) is 0 Å². The van der Waals surface area contributed by atoms with Gasteiger partial charge in [-0.15, -0.1) is 0 Å². The summed E-state index contributed by atoms with van der Waals surface area (Å²) < 4.78 is 1.99. The Balaban J connectivity index is 1.91. The van der Waals surface area contributed by atoms with Gasteiger partial charge in [0.1, 0.15) is 11.5 Å². The third-order valence-electron chi connectivity index (χ3n) is 2.71. The standard InChI is InChI=1S/C15H16N2/c1-13-16-15(12-17(13)2)11-7-6-10-14-8-4-3-5-9-14/h3-5,8-9,12H,6,10H2,1-2H3. The summed E-state index contributed by atoms with van der Waals surface area (Å²) in [5.41, 5.74) is 2.19. The Kier molecular flexibility index (Phi) is 3.62. The first-order chi connectivity index (χ1) is 8.25. The highest BCUT2D eigenvalue weighted by Gasteiger charge is 1.95. The van der Waals surface area contributed by atoms with Crippen LogP contribution in [-0.4, -0.2) is 9.55 Å². The zero-order chi connectivity index (χ0) is 12.1. The number of rotatable bonds is 2. The molecule has 0 saturated carbocycles. The third kappa shape index (κ3) is 3.22. The fourth-order valence-electron chi connectivity index (χ4n) is 1.62. The summed E-state index contributed by atoms with van der Waals surface area (Å²) in [5, 5.41) is 0. The predicted molar refractivity (Wildman–Crippen MR) is 69.6 cm³/mol. The van der Waals surface area contributed by atoms with Crippen molar-refractivity contribution in [2.45, 2.75) is 19.8 Å². The van der Waals surface area contributed by atoms with Crippen molar-refractivity contribution in [1.82, 2.24) is 9.55 Å². The van der Waals surface area contributed by atoms with Crippen molar-refractivity contribution < 1.29 is 0 Å². The minimum Gasteiger partial charge on any atom is -0.337 e. The van der Waals surface area contributed by atoms with E-state index in [-0.39, 0.29) is 0 Å². The molecule has 86 valence electrons. The second-order valence-electron chi connectivity index (χ2n) is 4.07. The molecule has 2 aromatic rings. The van der Waals surface area contributed by atoms with E-state index in [0.717, 1.165) is 24.4 Å². The van der Waals surface area contributed by atoms with Crippen LogP contribution in [0.15, 0.2) is 36.5 Å². The molecule has 17 heavy (non-hydrogen) atoms. The van der Waals surface area contributed by atoms with Gasteiger partial charge in [-0.25, -0.2) is 4.98 Å². The molecule has 0 unspecified atom stereocenters. The van der Waals surface area contributed by atoms with Crippen molar-refractivity contribution >= 4 is 0 Å². The molecule has 0 bridgehead atoms. The van der Waals surface area contributed by atoms with Gasteiger partial charge >= 0.3 is 0 Å². The van der Waals surface area contributed by atoms with E-state index in [2.05, 4.69) is 41.1 Å². The number of hydrogen-bond donors (Lipinski definition) is 0. The van der Waals surface area contributed by atoms with Gasteiger partial charge in [0.2, 0.25) is 0 Å². The molecule has 0 atom stereocenters. The molecule has 0 aliphatic rings. The minimum absolute atomic E-state index is 0.859. The Bertz CT molecular complexity index is 522. The molecule has 1 heterocycles. The first kappa shape index (κ1) is 11.5. The zero-order valence-electron chi connectivity index (χ0n) is 10.3. The van der Waals surface area contributed by atoms with E-state index in [1.807, 2.05) is 30.8 Å². The van der Waals surface area contributed by atoms with Crippen LogP contribution in [0.3, 0.4) is 0 Å². The number of nitrogens with zero attached hydrogens (tertiary/aromatic N) is 2. The van der Waals surface area contributed by atoms with E-state index >= 15 is 0 Å². The number of aryl methyl sites for hydroxylation is 3. The van der Waals surface area contributed by atoms with E-state index in [1.165, 1.54) is 5.56 Å². The molecule has 0 N–H and O–H groups in total. The van der Waals surface area contributed by atoms with E-state index in [0.29, 0.717) is 0 Å². The molecular weight excluding hydrogens is 208 g/mol. The molecule has 0 aliphatic carbocycles. The number of aromatic nitrogens is 2. The van der Waals surface area contributed by atoms with E-state index in [1.54, 1.807) is 0 Å². The lowest BCUT2D eigenvalue weighted by Crippen LogP contribution is -1.86. The third-order valence-corrected chi connectivity index (χ3v) is 2.71. The zero-order valence-corrected chi connectivity index (χ0v) is 10.3. The minimum atomic E-state index is 0.859. The van der Waals surface area contributed by atoms with Crippen LogP contribution in [-0.2, 0) is 13.5 Å². The van der Waals surface area contributed by atoms with E-state index in [4.69, 9.17) is 0 Å². The maximum Gasteiger partial charge on any atom is 0.131 e. The number of imidazole rings is 1. The molecule has 2 heteroatoms. The second-order valence-corrected chi connectivity index (χ2v) is 4.07. The molecule has 0 aliphatic heterocycles. The number of benzene rings is 1. The van der Waals surface area contributed by atoms with Crippen LogP contribution in [0.4, 0.5) is 0 Å². The van der Waals surface area contributed by atoms with Gasteiger partial charge in [0.05, 0.1) is 0 Å². The van der Waals surface area contributed by atoms with Crippen molar-refractivity contribution in [3.8, 4) is 11.8 Å². The average molecular weight is 224 g/mol. The average Bonchev–Trinajstić information content (AvgIpc) is 2.66. The molecular formula is C15H16N2. The van der Waals surface area contributed by atoms with Crippen LogP contribution in [0.25, 0.3) is 0 Å². The Morgan fingerprint density at radius 1 is 1.24 bits per heavy atom. The SMILES string of the molecule is Cc1nc(C#CCCc2ccccc2)cn1C. The van der Waals surface area contributed by atoms with Crippen molar-refractivity contribution in [2.75, 3.05) is 0 Å². The van der Waals surface area contributed by atoms with Crippen molar-refractivity contribution in [3.05, 3.63) is 53.6 Å². The summed E-state index contributed by atoms with van der Waals surface area (Å²) in [6, 6.07) is 10.4. The summed E-state index contributed by atoms with van der Waals surface area (Å²) in [4.78, 5) is 4.34.